The quantitative estimate of drug-likeness (QED) is 0.686. The van der Waals surface area contributed by atoms with Crippen LogP contribution in [0.25, 0.3) is 0 Å². The lowest BCUT2D eigenvalue weighted by Crippen LogP contribution is -2.28. The SMILES string of the molecule is Cc1oc(CN)cc1S(=O)(=O)NCCOCC(F)F. The Morgan fingerprint density at radius 2 is 2.21 bits per heavy atom. The smallest absolute Gasteiger partial charge is 0.261 e. The van der Waals surface area contributed by atoms with Gasteiger partial charge in [0.2, 0.25) is 10.0 Å². The van der Waals surface area contributed by atoms with Crippen LogP contribution < -0.4 is 10.5 Å². The van der Waals surface area contributed by atoms with Crippen molar-refractivity contribution in [2.24, 2.45) is 5.73 Å². The summed E-state index contributed by atoms with van der Waals surface area (Å²) in [5.74, 6) is 0.577. The molecule has 110 valence electrons. The molecule has 0 atom stereocenters. The van der Waals surface area contributed by atoms with Crippen LogP contribution in [0.15, 0.2) is 15.4 Å². The Morgan fingerprint density at radius 3 is 2.74 bits per heavy atom. The molecule has 19 heavy (non-hydrogen) atoms. The molecule has 1 aromatic heterocycles. The lowest BCUT2D eigenvalue weighted by atomic mass is 10.4. The summed E-state index contributed by atoms with van der Waals surface area (Å²) in [6.07, 6.45) is -2.57. The molecule has 0 amide bonds. The summed E-state index contributed by atoms with van der Waals surface area (Å²) in [7, 11) is -3.75. The summed E-state index contributed by atoms with van der Waals surface area (Å²) in [5.41, 5.74) is 5.34. The largest absolute Gasteiger partial charge is 0.464 e. The maximum Gasteiger partial charge on any atom is 0.261 e. The van der Waals surface area contributed by atoms with Crippen molar-refractivity contribution in [2.75, 3.05) is 19.8 Å². The average molecular weight is 298 g/mol. The Hall–Kier alpha value is -1.03. The number of alkyl halides is 2. The van der Waals surface area contributed by atoms with Crippen LogP contribution in [0.4, 0.5) is 8.78 Å². The minimum Gasteiger partial charge on any atom is -0.464 e. The van der Waals surface area contributed by atoms with Gasteiger partial charge >= 0.3 is 0 Å². The van der Waals surface area contributed by atoms with E-state index in [0.717, 1.165) is 0 Å². The first-order valence-corrected chi connectivity index (χ1v) is 7.00. The van der Waals surface area contributed by atoms with Crippen LogP contribution in [0.3, 0.4) is 0 Å². The van der Waals surface area contributed by atoms with Crippen LogP contribution in [0, 0.1) is 6.92 Å². The van der Waals surface area contributed by atoms with Crippen LogP contribution in [0.5, 0.6) is 0 Å². The summed E-state index contributed by atoms with van der Waals surface area (Å²) >= 11 is 0. The molecule has 0 spiro atoms. The number of sulfonamides is 1. The van der Waals surface area contributed by atoms with Gasteiger partial charge in [0, 0.05) is 12.6 Å². The van der Waals surface area contributed by atoms with E-state index >= 15 is 0 Å². The Balaban J connectivity index is 2.53. The molecular weight excluding hydrogens is 282 g/mol. The second kappa shape index (κ2) is 6.94. The van der Waals surface area contributed by atoms with Gasteiger partial charge in [-0.3, -0.25) is 0 Å². The molecule has 9 heteroatoms. The Morgan fingerprint density at radius 1 is 1.53 bits per heavy atom. The van der Waals surface area contributed by atoms with E-state index in [1.807, 2.05) is 0 Å². The van der Waals surface area contributed by atoms with Crippen LogP contribution in [-0.2, 0) is 21.3 Å². The Bertz CT molecular complexity index is 502. The third-order valence-corrected chi connectivity index (χ3v) is 3.76. The van der Waals surface area contributed by atoms with Crippen LogP contribution in [0.1, 0.15) is 11.5 Å². The van der Waals surface area contributed by atoms with Gasteiger partial charge in [0.25, 0.3) is 6.43 Å². The maximum absolute atomic E-state index is 11.9. The van der Waals surface area contributed by atoms with Gasteiger partial charge in [-0.1, -0.05) is 0 Å². The van der Waals surface area contributed by atoms with Gasteiger partial charge in [-0.2, -0.15) is 0 Å². The van der Waals surface area contributed by atoms with Gasteiger partial charge < -0.3 is 14.9 Å². The molecule has 3 N–H and O–H groups in total. The fourth-order valence-electron chi connectivity index (χ4n) is 1.39. The number of nitrogens with one attached hydrogen (secondary N) is 1. The van der Waals surface area contributed by atoms with Gasteiger partial charge in [-0.15, -0.1) is 0 Å². The molecule has 0 aliphatic heterocycles. The highest BCUT2D eigenvalue weighted by atomic mass is 32.2. The molecule has 0 aliphatic carbocycles. The molecular formula is C10H16F2N2O4S. The third-order valence-electron chi connectivity index (χ3n) is 2.20. The van der Waals surface area contributed by atoms with E-state index in [-0.39, 0.29) is 30.4 Å². The van der Waals surface area contributed by atoms with E-state index < -0.39 is 23.1 Å². The zero-order valence-electron chi connectivity index (χ0n) is 10.4. The van der Waals surface area contributed by atoms with Gasteiger partial charge in [0.15, 0.2) is 0 Å². The molecule has 0 fully saturated rings. The van der Waals surface area contributed by atoms with Crippen molar-refractivity contribution in [2.45, 2.75) is 24.8 Å². The molecule has 0 saturated carbocycles. The topological polar surface area (TPSA) is 94.6 Å². The van der Waals surface area contributed by atoms with Crippen LogP contribution in [-0.4, -0.2) is 34.6 Å². The molecule has 1 rings (SSSR count). The predicted octanol–water partition coefficient (Wildman–Crippen LogP) is 0.607. The molecule has 0 bridgehead atoms. The zero-order valence-corrected chi connectivity index (χ0v) is 11.2. The minimum atomic E-state index is -3.75. The predicted molar refractivity (Wildman–Crippen MR) is 63.3 cm³/mol. The van der Waals surface area contributed by atoms with E-state index in [9.17, 15) is 17.2 Å². The van der Waals surface area contributed by atoms with Gasteiger partial charge in [0.05, 0.1) is 13.2 Å². The first-order valence-electron chi connectivity index (χ1n) is 5.51. The van der Waals surface area contributed by atoms with Gasteiger partial charge in [-0.05, 0) is 6.92 Å². The highest BCUT2D eigenvalue weighted by molar-refractivity contribution is 7.89. The van der Waals surface area contributed by atoms with E-state index in [1.54, 1.807) is 0 Å². The van der Waals surface area contributed by atoms with Crippen molar-refractivity contribution in [3.05, 3.63) is 17.6 Å². The Kier molecular flexibility index (Phi) is 5.85. The number of nitrogens with two attached hydrogens (primary N) is 1. The van der Waals surface area contributed by atoms with Gasteiger partial charge in [0.1, 0.15) is 23.0 Å². The van der Waals surface area contributed by atoms with Crippen molar-refractivity contribution in [3.8, 4) is 0 Å². The van der Waals surface area contributed by atoms with Crippen LogP contribution in [0.2, 0.25) is 0 Å². The number of hydrogen-bond acceptors (Lipinski definition) is 5. The van der Waals surface area contributed by atoms with Crippen molar-refractivity contribution in [1.82, 2.24) is 4.72 Å². The number of rotatable bonds is 8. The zero-order chi connectivity index (χ0) is 14.5. The number of aryl methyl sites for hydroxylation is 1. The summed E-state index contributed by atoms with van der Waals surface area (Å²) < 4.78 is 59.2. The monoisotopic (exact) mass is 298 g/mol. The Labute approximate surface area is 110 Å². The lowest BCUT2D eigenvalue weighted by Gasteiger charge is -2.06. The van der Waals surface area contributed by atoms with Crippen molar-refractivity contribution >= 4 is 10.0 Å². The highest BCUT2D eigenvalue weighted by Crippen LogP contribution is 2.19. The first-order chi connectivity index (χ1) is 8.86. The number of hydrogen-bond donors (Lipinski definition) is 2. The van der Waals surface area contributed by atoms with Crippen molar-refractivity contribution in [1.29, 1.82) is 0 Å². The lowest BCUT2D eigenvalue weighted by molar-refractivity contribution is 0.0199. The van der Waals surface area contributed by atoms with E-state index in [0.29, 0.717) is 5.76 Å². The van der Waals surface area contributed by atoms with E-state index in [1.165, 1.54) is 13.0 Å². The highest BCUT2D eigenvalue weighted by Gasteiger charge is 2.20. The van der Waals surface area contributed by atoms with Crippen LogP contribution >= 0.6 is 0 Å². The van der Waals surface area contributed by atoms with Crippen molar-refractivity contribution in [3.63, 3.8) is 0 Å². The standard InChI is InChI=1S/C10H16F2N2O4S/c1-7-9(4-8(5-13)18-7)19(15,16)14-2-3-17-6-10(11)12/h4,10,14H,2-3,5-6,13H2,1H3. The third kappa shape index (κ3) is 4.86. The average Bonchev–Trinajstić information content (AvgIpc) is 2.70. The summed E-state index contributed by atoms with van der Waals surface area (Å²) in [4.78, 5) is -0.0122. The first kappa shape index (κ1) is 16.0. The molecule has 1 aromatic rings. The molecule has 0 aliphatic rings. The molecule has 0 saturated heterocycles. The normalized spacial score (nSPS) is 12.3. The molecule has 0 aromatic carbocycles. The second-order valence-electron chi connectivity index (χ2n) is 3.70. The minimum absolute atomic E-state index is 0.0122. The fraction of sp³-hybridized carbons (Fsp3) is 0.600. The van der Waals surface area contributed by atoms with Gasteiger partial charge in [-0.25, -0.2) is 21.9 Å². The summed E-state index contributed by atoms with van der Waals surface area (Å²) in [5, 5.41) is 0. The summed E-state index contributed by atoms with van der Waals surface area (Å²) in [6.45, 7) is 0.639. The maximum atomic E-state index is 11.9. The van der Waals surface area contributed by atoms with Crippen molar-refractivity contribution < 1.29 is 26.4 Å². The molecule has 0 radical (unpaired) electrons. The molecule has 1 heterocycles. The second-order valence-corrected chi connectivity index (χ2v) is 5.44. The fourth-order valence-corrected chi connectivity index (χ4v) is 2.60. The summed E-state index contributed by atoms with van der Waals surface area (Å²) in [6, 6.07) is 1.33. The number of furan rings is 1. The molecule has 6 nitrogen and oxygen atoms in total. The number of halogens is 2. The molecule has 0 unspecified atom stereocenters. The van der Waals surface area contributed by atoms with E-state index in [2.05, 4.69) is 9.46 Å². The van der Waals surface area contributed by atoms with E-state index in [4.69, 9.17) is 10.2 Å². The number of ether oxygens (including phenoxy) is 1.